The molecular weight excluding hydrogens is 256 g/mol. The van der Waals surface area contributed by atoms with Gasteiger partial charge in [0.1, 0.15) is 0 Å². The third kappa shape index (κ3) is 4.25. The van der Waals surface area contributed by atoms with E-state index in [1.54, 1.807) is 11.8 Å². The molecule has 2 rings (SSSR count). The lowest BCUT2D eigenvalue weighted by molar-refractivity contribution is -0.00556. The van der Waals surface area contributed by atoms with E-state index < -0.39 is 0 Å². The third-order valence-electron chi connectivity index (χ3n) is 3.03. The number of amidine groups is 1. The zero-order valence-electron chi connectivity index (χ0n) is 11.8. The van der Waals surface area contributed by atoms with Crippen LogP contribution in [0.4, 0.5) is 0 Å². The van der Waals surface area contributed by atoms with Crippen molar-refractivity contribution < 1.29 is 4.74 Å². The van der Waals surface area contributed by atoms with E-state index in [0.717, 1.165) is 24.9 Å². The molecule has 0 amide bonds. The highest BCUT2D eigenvalue weighted by atomic mass is 32.2. The summed E-state index contributed by atoms with van der Waals surface area (Å²) < 4.78 is 5.67. The first kappa shape index (κ1) is 14.4. The summed E-state index contributed by atoms with van der Waals surface area (Å²) in [5, 5.41) is 4.87. The first-order valence-electron chi connectivity index (χ1n) is 6.74. The molecular formula is C15H22N2OS. The fraction of sp³-hybridized carbons (Fsp3) is 0.533. The Kier molecular flexibility index (Phi) is 4.88. The molecule has 0 bridgehead atoms. The molecule has 0 fully saturated rings. The maximum atomic E-state index is 5.67. The summed E-state index contributed by atoms with van der Waals surface area (Å²) in [6.07, 6.45) is 0. The van der Waals surface area contributed by atoms with E-state index in [-0.39, 0.29) is 5.60 Å². The van der Waals surface area contributed by atoms with Crippen molar-refractivity contribution in [1.29, 1.82) is 0 Å². The number of nitrogens with one attached hydrogen (secondary N) is 1. The SMILES string of the molecule is CCOC(C)(C)CNC1=NCC(c2ccccc2)S1. The van der Waals surface area contributed by atoms with Gasteiger partial charge < -0.3 is 10.1 Å². The highest BCUT2D eigenvalue weighted by molar-refractivity contribution is 8.14. The molecule has 3 nitrogen and oxygen atoms in total. The number of nitrogens with zero attached hydrogens (tertiary/aromatic N) is 1. The average molecular weight is 278 g/mol. The first-order valence-corrected chi connectivity index (χ1v) is 7.62. The third-order valence-corrected chi connectivity index (χ3v) is 4.23. The fourth-order valence-electron chi connectivity index (χ4n) is 2.04. The summed E-state index contributed by atoms with van der Waals surface area (Å²) in [4.78, 5) is 4.57. The van der Waals surface area contributed by atoms with Crippen LogP contribution in [0.5, 0.6) is 0 Å². The van der Waals surface area contributed by atoms with Crippen molar-refractivity contribution >= 4 is 16.9 Å². The predicted molar refractivity (Wildman–Crippen MR) is 82.8 cm³/mol. The molecule has 0 spiro atoms. The monoisotopic (exact) mass is 278 g/mol. The Bertz CT molecular complexity index is 431. The van der Waals surface area contributed by atoms with Crippen LogP contribution in [0.15, 0.2) is 35.3 Å². The standard InChI is InChI=1S/C15H22N2OS/c1-4-18-15(2,3)11-17-14-16-10-13(19-14)12-8-6-5-7-9-12/h5-9,13H,4,10-11H2,1-3H3,(H,16,17). The molecule has 0 saturated heterocycles. The van der Waals surface area contributed by atoms with Gasteiger partial charge in [-0.1, -0.05) is 42.1 Å². The molecule has 1 aliphatic rings. The van der Waals surface area contributed by atoms with Crippen LogP contribution in [0.3, 0.4) is 0 Å². The van der Waals surface area contributed by atoms with Crippen molar-refractivity contribution in [2.24, 2.45) is 4.99 Å². The zero-order chi connectivity index (χ0) is 13.7. The van der Waals surface area contributed by atoms with Gasteiger partial charge in [-0.05, 0) is 26.3 Å². The Hall–Kier alpha value is -1.00. The molecule has 4 heteroatoms. The molecule has 1 aromatic rings. The first-order chi connectivity index (χ1) is 9.11. The van der Waals surface area contributed by atoms with Crippen LogP contribution in [-0.2, 0) is 4.74 Å². The van der Waals surface area contributed by atoms with Gasteiger partial charge in [0.2, 0.25) is 0 Å². The molecule has 1 heterocycles. The second-order valence-corrected chi connectivity index (χ2v) is 6.40. The highest BCUT2D eigenvalue weighted by Gasteiger charge is 2.23. The number of hydrogen-bond donors (Lipinski definition) is 1. The van der Waals surface area contributed by atoms with Gasteiger partial charge in [-0.2, -0.15) is 0 Å². The second kappa shape index (κ2) is 6.44. The Balaban J connectivity index is 1.82. The van der Waals surface area contributed by atoms with Crippen molar-refractivity contribution in [3.05, 3.63) is 35.9 Å². The van der Waals surface area contributed by atoms with Crippen molar-refractivity contribution in [1.82, 2.24) is 5.32 Å². The van der Waals surface area contributed by atoms with Crippen LogP contribution < -0.4 is 5.32 Å². The summed E-state index contributed by atoms with van der Waals surface area (Å²) in [5.41, 5.74) is 1.19. The lowest BCUT2D eigenvalue weighted by Crippen LogP contribution is -2.39. The normalized spacial score (nSPS) is 19.3. The Morgan fingerprint density at radius 3 is 2.79 bits per heavy atom. The van der Waals surface area contributed by atoms with E-state index in [2.05, 4.69) is 48.4 Å². The smallest absolute Gasteiger partial charge is 0.157 e. The summed E-state index contributed by atoms with van der Waals surface area (Å²) >= 11 is 1.81. The lowest BCUT2D eigenvalue weighted by Gasteiger charge is -2.25. The Labute approximate surface area is 119 Å². The number of benzene rings is 1. The molecule has 0 aromatic heterocycles. The van der Waals surface area contributed by atoms with E-state index in [4.69, 9.17) is 4.74 Å². The second-order valence-electron chi connectivity index (χ2n) is 5.21. The van der Waals surface area contributed by atoms with Crippen LogP contribution >= 0.6 is 11.8 Å². The van der Waals surface area contributed by atoms with Crippen LogP contribution in [-0.4, -0.2) is 30.5 Å². The van der Waals surface area contributed by atoms with Gasteiger partial charge in [0.05, 0.1) is 17.4 Å². The van der Waals surface area contributed by atoms with Gasteiger partial charge in [-0.25, -0.2) is 0 Å². The van der Waals surface area contributed by atoms with Crippen LogP contribution in [0, 0.1) is 0 Å². The Morgan fingerprint density at radius 2 is 2.11 bits per heavy atom. The predicted octanol–water partition coefficient (Wildman–Crippen LogP) is 3.24. The van der Waals surface area contributed by atoms with Gasteiger partial charge in [0.25, 0.3) is 0 Å². The molecule has 104 valence electrons. The van der Waals surface area contributed by atoms with Crippen molar-refractivity contribution in [2.45, 2.75) is 31.6 Å². The quantitative estimate of drug-likeness (QED) is 0.897. The highest BCUT2D eigenvalue weighted by Crippen LogP contribution is 2.34. The number of thioether (sulfide) groups is 1. The van der Waals surface area contributed by atoms with Gasteiger partial charge in [-0.3, -0.25) is 4.99 Å². The zero-order valence-corrected chi connectivity index (χ0v) is 12.7. The minimum Gasteiger partial charge on any atom is -0.374 e. The summed E-state index contributed by atoms with van der Waals surface area (Å²) in [6, 6.07) is 10.5. The molecule has 1 atom stereocenters. The molecule has 0 radical (unpaired) electrons. The number of hydrogen-bond acceptors (Lipinski definition) is 4. The van der Waals surface area contributed by atoms with Crippen molar-refractivity contribution in [2.75, 3.05) is 19.7 Å². The molecule has 1 aliphatic heterocycles. The van der Waals surface area contributed by atoms with E-state index in [1.807, 2.05) is 13.0 Å². The van der Waals surface area contributed by atoms with Gasteiger partial charge in [-0.15, -0.1) is 0 Å². The summed E-state index contributed by atoms with van der Waals surface area (Å²) in [6.45, 7) is 8.59. The molecule has 19 heavy (non-hydrogen) atoms. The van der Waals surface area contributed by atoms with Crippen LogP contribution in [0.25, 0.3) is 0 Å². The largest absolute Gasteiger partial charge is 0.374 e. The van der Waals surface area contributed by atoms with Gasteiger partial charge in [0.15, 0.2) is 5.17 Å². The van der Waals surface area contributed by atoms with Gasteiger partial charge in [0, 0.05) is 13.2 Å². The van der Waals surface area contributed by atoms with Crippen molar-refractivity contribution in [3.8, 4) is 0 Å². The number of aliphatic imine (C=N–C) groups is 1. The van der Waals surface area contributed by atoms with E-state index >= 15 is 0 Å². The average Bonchev–Trinajstić information content (AvgIpc) is 2.86. The maximum Gasteiger partial charge on any atom is 0.157 e. The molecule has 0 aliphatic carbocycles. The van der Waals surface area contributed by atoms with Crippen LogP contribution in [0.2, 0.25) is 0 Å². The number of rotatable bonds is 5. The topological polar surface area (TPSA) is 33.6 Å². The maximum absolute atomic E-state index is 5.67. The molecule has 1 unspecified atom stereocenters. The molecule has 1 aromatic carbocycles. The summed E-state index contributed by atoms with van der Waals surface area (Å²) in [5.74, 6) is 0. The number of ether oxygens (including phenoxy) is 1. The lowest BCUT2D eigenvalue weighted by atomic mass is 10.1. The minimum atomic E-state index is -0.150. The fourth-order valence-corrected chi connectivity index (χ4v) is 3.06. The van der Waals surface area contributed by atoms with Crippen molar-refractivity contribution in [3.63, 3.8) is 0 Å². The van der Waals surface area contributed by atoms with Gasteiger partial charge >= 0.3 is 0 Å². The van der Waals surface area contributed by atoms with E-state index in [9.17, 15) is 0 Å². The molecule has 1 N–H and O–H groups in total. The van der Waals surface area contributed by atoms with E-state index in [0.29, 0.717) is 5.25 Å². The molecule has 0 saturated carbocycles. The minimum absolute atomic E-state index is 0.150. The Morgan fingerprint density at radius 1 is 1.37 bits per heavy atom. The van der Waals surface area contributed by atoms with Crippen LogP contribution in [0.1, 0.15) is 31.6 Å². The summed E-state index contributed by atoms with van der Waals surface area (Å²) in [7, 11) is 0. The van der Waals surface area contributed by atoms with E-state index in [1.165, 1.54) is 5.56 Å².